The number of carbonyl (C=O) groups is 1. The fourth-order valence-electron chi connectivity index (χ4n) is 3.94. The Hall–Kier alpha value is -2.74. The lowest BCUT2D eigenvalue weighted by Crippen LogP contribution is -2.19. The van der Waals surface area contributed by atoms with E-state index in [1.165, 1.54) is 5.56 Å². The fourth-order valence-corrected chi connectivity index (χ4v) is 3.94. The molecule has 0 spiro atoms. The number of nitrogens with zero attached hydrogens (tertiary/aromatic N) is 1. The van der Waals surface area contributed by atoms with Gasteiger partial charge in [0.05, 0.1) is 0 Å². The summed E-state index contributed by atoms with van der Waals surface area (Å²) in [7, 11) is 0. The van der Waals surface area contributed by atoms with Crippen LogP contribution >= 0.6 is 24.8 Å². The van der Waals surface area contributed by atoms with Crippen molar-refractivity contribution in [3.8, 4) is 5.75 Å². The zero-order chi connectivity index (χ0) is 21.1. The first-order valence-electron chi connectivity index (χ1n) is 10.1. The lowest BCUT2D eigenvalue weighted by molar-refractivity contribution is -0.137. The lowest BCUT2D eigenvalue weighted by Gasteiger charge is -2.13. The van der Waals surface area contributed by atoms with Crippen molar-refractivity contribution in [2.75, 3.05) is 13.1 Å². The molecule has 172 valence electrons. The third-order valence-corrected chi connectivity index (χ3v) is 5.51. The predicted octanol–water partition coefficient (Wildman–Crippen LogP) is 3.38. The number of hydrogen-bond acceptors (Lipinski definition) is 4. The van der Waals surface area contributed by atoms with Crippen LogP contribution in [0.5, 0.6) is 5.75 Å². The molecule has 2 heterocycles. The van der Waals surface area contributed by atoms with E-state index >= 15 is 0 Å². The van der Waals surface area contributed by atoms with Gasteiger partial charge in [0, 0.05) is 23.3 Å². The van der Waals surface area contributed by atoms with E-state index in [2.05, 4.69) is 17.4 Å². The van der Waals surface area contributed by atoms with Gasteiger partial charge in [-0.1, -0.05) is 24.3 Å². The van der Waals surface area contributed by atoms with Gasteiger partial charge >= 0.3 is 5.97 Å². The molecule has 2 aromatic carbocycles. The number of benzene rings is 2. The van der Waals surface area contributed by atoms with Crippen molar-refractivity contribution < 1.29 is 14.6 Å². The van der Waals surface area contributed by atoms with Crippen LogP contribution in [0.15, 0.2) is 48.5 Å². The van der Waals surface area contributed by atoms with E-state index in [0.29, 0.717) is 12.0 Å². The summed E-state index contributed by atoms with van der Waals surface area (Å²) in [6.45, 7) is 1.77. The highest BCUT2D eigenvalue weighted by molar-refractivity contribution is 5.99. The SMILES string of the molecule is Cl.Cl.N=C(N)c1ccc2cc(CCc3ccc(O[C@H]4CCNC4)cc3)n(CC(=O)O)c2c1. The second-order valence-corrected chi connectivity index (χ2v) is 7.68. The molecule has 1 fully saturated rings. The summed E-state index contributed by atoms with van der Waals surface area (Å²) in [5.74, 6) is -0.0497. The molecule has 0 bridgehead atoms. The van der Waals surface area contributed by atoms with Crippen molar-refractivity contribution >= 4 is 47.5 Å². The molecule has 0 aliphatic carbocycles. The zero-order valence-electron chi connectivity index (χ0n) is 17.5. The summed E-state index contributed by atoms with van der Waals surface area (Å²) in [4.78, 5) is 11.4. The molecular formula is C23H28Cl2N4O3. The Morgan fingerprint density at radius 3 is 2.53 bits per heavy atom. The first kappa shape index (κ1) is 25.5. The Labute approximate surface area is 199 Å². The number of fused-ring (bicyclic) bond motifs is 1. The monoisotopic (exact) mass is 478 g/mol. The molecule has 7 nitrogen and oxygen atoms in total. The molecule has 4 rings (SSSR count). The van der Waals surface area contributed by atoms with Gasteiger partial charge in [-0.05, 0) is 61.0 Å². The third kappa shape index (κ3) is 5.94. The smallest absolute Gasteiger partial charge is 0.323 e. The fraction of sp³-hybridized carbons (Fsp3) is 0.304. The molecule has 9 heteroatoms. The van der Waals surface area contributed by atoms with Crippen molar-refractivity contribution in [3.05, 3.63) is 65.4 Å². The van der Waals surface area contributed by atoms with Crippen molar-refractivity contribution in [1.29, 1.82) is 5.41 Å². The number of nitrogens with two attached hydrogens (primary N) is 1. The van der Waals surface area contributed by atoms with Gasteiger partial charge in [-0.25, -0.2) is 0 Å². The first-order chi connectivity index (χ1) is 14.5. The van der Waals surface area contributed by atoms with Crippen LogP contribution in [0, 0.1) is 5.41 Å². The summed E-state index contributed by atoms with van der Waals surface area (Å²) < 4.78 is 7.77. The topological polar surface area (TPSA) is 113 Å². The number of hydrogen-bond donors (Lipinski definition) is 4. The third-order valence-electron chi connectivity index (χ3n) is 5.51. The quantitative estimate of drug-likeness (QED) is 0.292. The number of halogens is 2. The van der Waals surface area contributed by atoms with Crippen LogP contribution in [0.25, 0.3) is 10.9 Å². The molecule has 1 saturated heterocycles. The van der Waals surface area contributed by atoms with Crippen molar-refractivity contribution in [2.45, 2.75) is 31.9 Å². The number of ether oxygens (including phenoxy) is 1. The lowest BCUT2D eigenvalue weighted by atomic mass is 10.1. The molecule has 1 aliphatic rings. The van der Waals surface area contributed by atoms with Crippen LogP contribution in [0.2, 0.25) is 0 Å². The van der Waals surface area contributed by atoms with E-state index in [1.54, 1.807) is 16.7 Å². The van der Waals surface area contributed by atoms with E-state index < -0.39 is 5.97 Å². The second kappa shape index (κ2) is 11.2. The van der Waals surface area contributed by atoms with E-state index in [1.807, 2.05) is 24.3 Å². The maximum Gasteiger partial charge on any atom is 0.323 e. The molecule has 0 radical (unpaired) electrons. The van der Waals surface area contributed by atoms with Gasteiger partial charge in [0.2, 0.25) is 0 Å². The summed E-state index contributed by atoms with van der Waals surface area (Å²) in [5, 5.41) is 21.3. The average molecular weight is 479 g/mol. The van der Waals surface area contributed by atoms with Crippen molar-refractivity contribution in [3.63, 3.8) is 0 Å². The largest absolute Gasteiger partial charge is 0.489 e. The number of amidine groups is 1. The molecule has 0 unspecified atom stereocenters. The number of rotatable bonds is 8. The number of carboxylic acids is 1. The Morgan fingerprint density at radius 1 is 1.16 bits per heavy atom. The summed E-state index contributed by atoms with van der Waals surface area (Å²) in [5.41, 5.74) is 9.10. The van der Waals surface area contributed by atoms with Gasteiger partial charge in [0.25, 0.3) is 0 Å². The maximum atomic E-state index is 11.4. The van der Waals surface area contributed by atoms with Crippen LogP contribution in [0.1, 0.15) is 23.2 Å². The Morgan fingerprint density at radius 2 is 1.91 bits per heavy atom. The van der Waals surface area contributed by atoms with Crippen LogP contribution in [-0.2, 0) is 24.2 Å². The van der Waals surface area contributed by atoms with Gasteiger partial charge in [-0.3, -0.25) is 10.2 Å². The summed E-state index contributed by atoms with van der Waals surface area (Å²) in [6.07, 6.45) is 2.77. The van der Waals surface area contributed by atoms with Crippen LogP contribution in [0.3, 0.4) is 0 Å². The molecule has 1 atom stereocenters. The molecule has 3 aromatic rings. The molecule has 1 aromatic heterocycles. The summed E-state index contributed by atoms with van der Waals surface area (Å²) in [6, 6.07) is 15.6. The van der Waals surface area contributed by atoms with Crippen molar-refractivity contribution in [1.82, 2.24) is 9.88 Å². The van der Waals surface area contributed by atoms with E-state index in [-0.39, 0.29) is 43.3 Å². The van der Waals surface area contributed by atoms with Crippen LogP contribution < -0.4 is 15.8 Å². The van der Waals surface area contributed by atoms with Gasteiger partial charge in [-0.2, -0.15) is 0 Å². The number of aromatic nitrogens is 1. The molecule has 0 saturated carbocycles. The van der Waals surface area contributed by atoms with Crippen LogP contribution in [0.4, 0.5) is 0 Å². The number of carboxylic acid groups (broad SMARTS) is 1. The normalized spacial score (nSPS) is 15.1. The van der Waals surface area contributed by atoms with E-state index in [0.717, 1.165) is 48.3 Å². The van der Waals surface area contributed by atoms with Crippen LogP contribution in [-0.4, -0.2) is 40.7 Å². The second-order valence-electron chi connectivity index (χ2n) is 7.68. The minimum atomic E-state index is -0.898. The van der Waals surface area contributed by atoms with Gasteiger partial charge in [0.15, 0.2) is 0 Å². The van der Waals surface area contributed by atoms with E-state index in [4.69, 9.17) is 15.9 Å². The maximum absolute atomic E-state index is 11.4. The minimum Gasteiger partial charge on any atom is -0.489 e. The van der Waals surface area contributed by atoms with Crippen molar-refractivity contribution in [2.24, 2.45) is 5.73 Å². The Kier molecular flexibility index (Phi) is 8.95. The minimum absolute atomic E-state index is 0. The van der Waals surface area contributed by atoms with Gasteiger partial charge in [-0.15, -0.1) is 24.8 Å². The van der Waals surface area contributed by atoms with E-state index in [9.17, 15) is 9.90 Å². The molecule has 5 N–H and O–H groups in total. The first-order valence-corrected chi connectivity index (χ1v) is 10.1. The standard InChI is InChI=1S/C23H26N4O3.2ClH/c24-23(25)17-5-4-16-11-18(27(14-22(28)29)21(16)12-17)6-1-15-2-7-19(8-3-15)30-20-9-10-26-13-20;;/h2-5,7-8,11-12,20,26H,1,6,9-10,13-14H2,(H3,24,25)(H,28,29);2*1H/t20-;;/m0../s1. The number of nitrogens with one attached hydrogen (secondary N) is 2. The highest BCUT2D eigenvalue weighted by Crippen LogP contribution is 2.24. The Bertz CT molecular complexity index is 1080. The molecular weight excluding hydrogens is 451 g/mol. The highest BCUT2D eigenvalue weighted by Gasteiger charge is 2.16. The average Bonchev–Trinajstić information content (AvgIpc) is 3.35. The van der Waals surface area contributed by atoms with Gasteiger partial charge < -0.3 is 25.5 Å². The molecule has 0 amide bonds. The molecule has 32 heavy (non-hydrogen) atoms. The summed E-state index contributed by atoms with van der Waals surface area (Å²) >= 11 is 0. The number of aryl methyl sites for hydroxylation is 2. The highest BCUT2D eigenvalue weighted by atomic mass is 35.5. The zero-order valence-corrected chi connectivity index (χ0v) is 19.2. The number of nitrogen functional groups attached to an aromatic ring is 1. The predicted molar refractivity (Wildman–Crippen MR) is 131 cm³/mol. The number of aliphatic carboxylic acids is 1. The molecule has 1 aliphatic heterocycles. The van der Waals surface area contributed by atoms with Gasteiger partial charge in [0.1, 0.15) is 24.2 Å². The Balaban J connectivity index is 0.00000181.